The first-order valence-electron chi connectivity index (χ1n) is 2.01. The van der Waals surface area contributed by atoms with Crippen LogP contribution in [0, 0.1) is 11.8 Å². The van der Waals surface area contributed by atoms with Gasteiger partial charge in [0.25, 0.3) is 0 Å². The summed E-state index contributed by atoms with van der Waals surface area (Å²) in [6.07, 6.45) is 0. The summed E-state index contributed by atoms with van der Waals surface area (Å²) in [6, 6.07) is 0. The molecule has 0 aliphatic carbocycles. The zero-order valence-electron chi connectivity index (χ0n) is 5.39. The van der Waals surface area contributed by atoms with Crippen molar-refractivity contribution in [3.05, 3.63) is 6.57 Å². The normalized spacial score (nSPS) is 8.86. The van der Waals surface area contributed by atoms with E-state index in [-0.39, 0.29) is 0 Å². The van der Waals surface area contributed by atoms with Crippen LogP contribution in [0.1, 0.15) is 0 Å². The van der Waals surface area contributed by atoms with E-state index in [0.29, 0.717) is 0 Å². The molecule has 7 heavy (non-hydrogen) atoms. The number of hydrogen-bond donors (Lipinski definition) is 0. The SMILES string of the molecule is C[As+](C)(C)C.[C-]#N. The van der Waals surface area contributed by atoms with Gasteiger partial charge < -0.3 is 11.8 Å². The molecular formula is C5H12AsN. The van der Waals surface area contributed by atoms with Crippen molar-refractivity contribution in [1.82, 2.24) is 0 Å². The molecule has 0 N–H and O–H groups in total. The Morgan fingerprint density at radius 2 is 1.00 bits per heavy atom. The zero-order valence-corrected chi connectivity index (χ0v) is 7.27. The van der Waals surface area contributed by atoms with Crippen molar-refractivity contribution in [2.45, 2.75) is 22.8 Å². The summed E-state index contributed by atoms with van der Waals surface area (Å²) in [5.41, 5.74) is 9.44. The number of nitrogens with zero attached hydrogens (tertiary/aromatic N) is 1. The largest absolute Gasteiger partial charge is 0.512 e. The van der Waals surface area contributed by atoms with Crippen LogP contribution in [0.15, 0.2) is 0 Å². The Labute approximate surface area is 48.8 Å². The maximum absolute atomic E-state index is 6.25. The summed E-state index contributed by atoms with van der Waals surface area (Å²) in [5, 5.41) is 6.25. The Balaban J connectivity index is 0. The second-order valence-electron chi connectivity index (χ2n) is 2.68. The minimum Gasteiger partial charge on any atom is -0.512 e. The Morgan fingerprint density at radius 1 is 1.00 bits per heavy atom. The van der Waals surface area contributed by atoms with E-state index in [2.05, 4.69) is 22.8 Å². The molecule has 0 rings (SSSR count). The second-order valence-corrected chi connectivity index (χ2v) is 13.9. The molecule has 1 nitrogen and oxygen atoms in total. The van der Waals surface area contributed by atoms with Crippen molar-refractivity contribution < 1.29 is 0 Å². The van der Waals surface area contributed by atoms with Crippen LogP contribution < -0.4 is 0 Å². The predicted molar refractivity (Wildman–Crippen MR) is 34.2 cm³/mol. The second kappa shape index (κ2) is 4.21. The van der Waals surface area contributed by atoms with Crippen molar-refractivity contribution in [3.63, 3.8) is 0 Å². The van der Waals surface area contributed by atoms with E-state index >= 15 is 0 Å². The van der Waals surface area contributed by atoms with Gasteiger partial charge in [0.15, 0.2) is 0 Å². The molecule has 0 aliphatic rings. The van der Waals surface area contributed by atoms with Crippen molar-refractivity contribution in [2.24, 2.45) is 0 Å². The molecule has 0 unspecified atom stereocenters. The van der Waals surface area contributed by atoms with E-state index in [1.165, 1.54) is 0 Å². The van der Waals surface area contributed by atoms with Crippen LogP contribution >= 0.6 is 0 Å². The minimum absolute atomic E-state index is 0.875. The molecule has 0 atom stereocenters. The van der Waals surface area contributed by atoms with Crippen molar-refractivity contribution in [3.8, 4) is 0 Å². The van der Waals surface area contributed by atoms with Gasteiger partial charge in [-0.1, -0.05) is 0 Å². The fourth-order valence-corrected chi connectivity index (χ4v) is 0. The molecule has 0 heterocycles. The first-order valence-corrected chi connectivity index (χ1v) is 9.52. The number of rotatable bonds is 0. The molecule has 42 valence electrons. The molecule has 0 aromatic carbocycles. The van der Waals surface area contributed by atoms with Crippen LogP contribution in [0.3, 0.4) is 0 Å². The average molecular weight is 161 g/mol. The average Bonchev–Trinajstić information content (AvgIpc) is 1.36. The Kier molecular flexibility index (Phi) is 6.09. The van der Waals surface area contributed by atoms with E-state index in [0.717, 1.165) is 0 Å². The molecular weight excluding hydrogens is 149 g/mol. The van der Waals surface area contributed by atoms with Gasteiger partial charge in [-0.2, -0.15) is 0 Å². The van der Waals surface area contributed by atoms with Gasteiger partial charge in [0.2, 0.25) is 0 Å². The minimum atomic E-state index is -0.875. The van der Waals surface area contributed by atoms with E-state index in [1.807, 2.05) is 0 Å². The van der Waals surface area contributed by atoms with E-state index < -0.39 is 13.6 Å². The molecule has 0 saturated heterocycles. The van der Waals surface area contributed by atoms with Crippen molar-refractivity contribution in [2.75, 3.05) is 0 Å². The van der Waals surface area contributed by atoms with Crippen LogP contribution in [-0.4, -0.2) is 13.6 Å². The maximum Gasteiger partial charge on any atom is -0.488 e. The summed E-state index contributed by atoms with van der Waals surface area (Å²) in [7, 11) is 0. The molecule has 0 amide bonds. The van der Waals surface area contributed by atoms with Gasteiger partial charge >= 0.3 is 36.4 Å². The van der Waals surface area contributed by atoms with Crippen LogP contribution in [0.2, 0.25) is 22.8 Å². The molecule has 0 bridgehead atoms. The Bertz CT molecular complexity index is 44.8. The van der Waals surface area contributed by atoms with Gasteiger partial charge in [-0.3, -0.25) is 0 Å². The summed E-state index contributed by atoms with van der Waals surface area (Å²) >= 11 is -0.875. The first kappa shape index (κ1) is 10.1. The van der Waals surface area contributed by atoms with E-state index in [4.69, 9.17) is 11.8 Å². The smallest absolute Gasteiger partial charge is 0.488 e. The van der Waals surface area contributed by atoms with E-state index in [9.17, 15) is 0 Å². The van der Waals surface area contributed by atoms with E-state index in [1.54, 1.807) is 0 Å². The fraction of sp³-hybridized carbons (Fsp3) is 0.800. The topological polar surface area (TPSA) is 23.8 Å². The standard InChI is InChI=1S/C4H12As.CN/c1-5(2,3)4;1-2/h1-4H3;/q+1;-1. The van der Waals surface area contributed by atoms with Crippen molar-refractivity contribution in [1.29, 1.82) is 5.26 Å². The summed E-state index contributed by atoms with van der Waals surface area (Å²) in [5.74, 6) is 0. The summed E-state index contributed by atoms with van der Waals surface area (Å²) in [6.45, 7) is 4.75. The fourth-order valence-electron chi connectivity index (χ4n) is 0. The van der Waals surface area contributed by atoms with Crippen molar-refractivity contribution >= 4 is 13.6 Å². The van der Waals surface area contributed by atoms with Gasteiger partial charge in [0.05, 0.1) is 0 Å². The molecule has 0 aromatic heterocycles. The number of hydrogen-bond acceptors (Lipinski definition) is 1. The van der Waals surface area contributed by atoms with Gasteiger partial charge in [0, 0.05) is 0 Å². The van der Waals surface area contributed by atoms with Crippen LogP contribution in [-0.2, 0) is 0 Å². The monoisotopic (exact) mass is 161 g/mol. The van der Waals surface area contributed by atoms with Gasteiger partial charge in [-0.25, -0.2) is 0 Å². The molecule has 0 radical (unpaired) electrons. The molecule has 0 fully saturated rings. The van der Waals surface area contributed by atoms with Gasteiger partial charge in [-0.05, 0) is 0 Å². The summed E-state index contributed by atoms with van der Waals surface area (Å²) in [4.78, 5) is 0. The molecule has 0 spiro atoms. The Morgan fingerprint density at radius 3 is 1.00 bits per heavy atom. The van der Waals surface area contributed by atoms with Crippen LogP contribution in [0.25, 0.3) is 0 Å². The third kappa shape index (κ3) is 42200. The quantitative estimate of drug-likeness (QED) is 0.394. The third-order valence-electron chi connectivity index (χ3n) is 0. The molecule has 2 heteroatoms. The predicted octanol–water partition coefficient (Wildman–Crippen LogP) is 2.05. The third-order valence-corrected chi connectivity index (χ3v) is 0. The van der Waals surface area contributed by atoms with Gasteiger partial charge in [0.1, 0.15) is 0 Å². The molecule has 0 aliphatic heterocycles. The first-order chi connectivity index (χ1) is 3.00. The van der Waals surface area contributed by atoms with Crippen LogP contribution in [0.5, 0.6) is 0 Å². The zero-order chi connectivity index (χ0) is 6.50. The maximum atomic E-state index is 6.25. The summed E-state index contributed by atoms with van der Waals surface area (Å²) < 4.78 is 0. The Hall–Kier alpha value is 0.0484. The molecule has 0 aromatic rings. The van der Waals surface area contributed by atoms with Crippen LogP contribution in [0.4, 0.5) is 0 Å². The molecule has 0 saturated carbocycles. The van der Waals surface area contributed by atoms with Gasteiger partial charge in [-0.15, -0.1) is 0 Å².